The fourth-order valence-electron chi connectivity index (χ4n) is 2.11. The smallest absolute Gasteiger partial charge is 0.224 e. The summed E-state index contributed by atoms with van der Waals surface area (Å²) in [7, 11) is 0. The maximum Gasteiger partial charge on any atom is 0.224 e. The molecule has 0 aliphatic rings. The molecule has 5 heteroatoms. The second kappa shape index (κ2) is 8.08. The highest BCUT2D eigenvalue weighted by Gasteiger charge is 2.09. The van der Waals surface area contributed by atoms with Crippen LogP contribution in [0.1, 0.15) is 29.7 Å². The zero-order valence-electron chi connectivity index (χ0n) is 13.4. The number of pyridine rings is 1. The molecule has 0 unspecified atom stereocenters. The Morgan fingerprint density at radius 1 is 1.00 bits per heavy atom. The van der Waals surface area contributed by atoms with Gasteiger partial charge in [0.15, 0.2) is 0 Å². The van der Waals surface area contributed by atoms with E-state index in [9.17, 15) is 9.59 Å². The number of anilines is 1. The lowest BCUT2D eigenvalue weighted by Gasteiger charge is -2.10. The van der Waals surface area contributed by atoms with E-state index < -0.39 is 0 Å². The van der Waals surface area contributed by atoms with Crippen LogP contribution in [0.3, 0.4) is 0 Å². The minimum Gasteiger partial charge on any atom is -0.350 e. The van der Waals surface area contributed by atoms with E-state index >= 15 is 0 Å². The summed E-state index contributed by atoms with van der Waals surface area (Å²) in [5.41, 5.74) is 3.75. The van der Waals surface area contributed by atoms with Gasteiger partial charge in [-0.05, 0) is 43.2 Å². The third kappa shape index (κ3) is 5.21. The Labute approximate surface area is 136 Å². The fraction of sp³-hybridized carbons (Fsp3) is 0.278. The fourth-order valence-corrected chi connectivity index (χ4v) is 2.11. The number of carbonyl (C=O) groups excluding carboxylic acids is 2. The van der Waals surface area contributed by atoms with E-state index in [4.69, 9.17) is 0 Å². The highest BCUT2D eigenvalue weighted by molar-refractivity contribution is 5.93. The number of benzene rings is 1. The standard InChI is InChI=1S/C18H21N3O2/c1-13-6-5-8-16(14(13)2)21-18(23)10-9-17(22)20-12-15-7-3-4-11-19-15/h3-8,11H,9-10,12H2,1-2H3,(H,20,22)(H,21,23). The van der Waals surface area contributed by atoms with Crippen LogP contribution in [-0.2, 0) is 16.1 Å². The van der Waals surface area contributed by atoms with Crippen molar-refractivity contribution in [3.8, 4) is 0 Å². The molecule has 1 aromatic heterocycles. The predicted octanol–water partition coefficient (Wildman–Crippen LogP) is 2.73. The zero-order valence-corrected chi connectivity index (χ0v) is 13.4. The maximum absolute atomic E-state index is 12.0. The average molecular weight is 311 g/mol. The molecule has 2 aromatic rings. The Bertz CT molecular complexity index is 684. The van der Waals surface area contributed by atoms with E-state index in [1.165, 1.54) is 0 Å². The molecule has 0 fully saturated rings. The lowest BCUT2D eigenvalue weighted by Crippen LogP contribution is -2.24. The molecule has 0 spiro atoms. The van der Waals surface area contributed by atoms with Crippen LogP contribution in [0, 0.1) is 13.8 Å². The van der Waals surface area contributed by atoms with Gasteiger partial charge in [-0.2, -0.15) is 0 Å². The summed E-state index contributed by atoms with van der Waals surface area (Å²) in [4.78, 5) is 27.9. The molecule has 2 rings (SSSR count). The van der Waals surface area contributed by atoms with Gasteiger partial charge >= 0.3 is 0 Å². The first-order valence-electron chi connectivity index (χ1n) is 7.59. The minimum absolute atomic E-state index is 0.154. The number of nitrogens with one attached hydrogen (secondary N) is 2. The zero-order chi connectivity index (χ0) is 16.7. The molecular formula is C18H21N3O2. The van der Waals surface area contributed by atoms with Crippen molar-refractivity contribution < 1.29 is 9.59 Å². The summed E-state index contributed by atoms with van der Waals surface area (Å²) < 4.78 is 0. The average Bonchev–Trinajstić information content (AvgIpc) is 2.56. The van der Waals surface area contributed by atoms with Gasteiger partial charge in [0.2, 0.25) is 11.8 Å². The van der Waals surface area contributed by atoms with Gasteiger partial charge in [-0.3, -0.25) is 14.6 Å². The molecule has 23 heavy (non-hydrogen) atoms. The molecule has 0 bridgehead atoms. The molecule has 0 aliphatic carbocycles. The summed E-state index contributed by atoms with van der Waals surface area (Å²) >= 11 is 0. The Kier molecular flexibility index (Phi) is 5.86. The molecule has 0 aliphatic heterocycles. The van der Waals surface area contributed by atoms with Crippen molar-refractivity contribution in [3.63, 3.8) is 0 Å². The third-order valence-electron chi connectivity index (χ3n) is 3.65. The summed E-state index contributed by atoms with van der Waals surface area (Å²) in [6.45, 7) is 4.33. The van der Waals surface area contributed by atoms with Gasteiger partial charge in [-0.25, -0.2) is 0 Å². The van der Waals surface area contributed by atoms with Crippen molar-refractivity contribution in [2.45, 2.75) is 33.2 Å². The summed E-state index contributed by atoms with van der Waals surface area (Å²) in [5, 5.41) is 5.61. The Balaban J connectivity index is 1.75. The van der Waals surface area contributed by atoms with Gasteiger partial charge < -0.3 is 10.6 Å². The van der Waals surface area contributed by atoms with Crippen LogP contribution in [0.15, 0.2) is 42.6 Å². The number of hydrogen-bond acceptors (Lipinski definition) is 3. The van der Waals surface area contributed by atoms with E-state index in [1.54, 1.807) is 6.20 Å². The number of aromatic nitrogens is 1. The summed E-state index contributed by atoms with van der Waals surface area (Å²) in [5.74, 6) is -0.321. The summed E-state index contributed by atoms with van der Waals surface area (Å²) in [6, 6.07) is 11.3. The van der Waals surface area contributed by atoms with E-state index in [2.05, 4.69) is 15.6 Å². The second-order valence-corrected chi connectivity index (χ2v) is 5.39. The van der Waals surface area contributed by atoms with Crippen LogP contribution < -0.4 is 10.6 Å². The number of rotatable bonds is 6. The first kappa shape index (κ1) is 16.7. The molecule has 120 valence electrons. The van der Waals surface area contributed by atoms with Gasteiger partial charge in [-0.15, -0.1) is 0 Å². The van der Waals surface area contributed by atoms with Crippen LogP contribution >= 0.6 is 0 Å². The molecule has 0 saturated carbocycles. The SMILES string of the molecule is Cc1cccc(NC(=O)CCC(=O)NCc2ccccn2)c1C. The van der Waals surface area contributed by atoms with Gasteiger partial charge in [0.1, 0.15) is 0 Å². The second-order valence-electron chi connectivity index (χ2n) is 5.39. The predicted molar refractivity (Wildman–Crippen MR) is 89.9 cm³/mol. The van der Waals surface area contributed by atoms with Gasteiger partial charge in [0, 0.05) is 24.7 Å². The number of nitrogens with zero attached hydrogens (tertiary/aromatic N) is 1. The van der Waals surface area contributed by atoms with Crippen molar-refractivity contribution >= 4 is 17.5 Å². The third-order valence-corrected chi connectivity index (χ3v) is 3.65. The molecule has 0 saturated heterocycles. The van der Waals surface area contributed by atoms with Crippen LogP contribution in [0.5, 0.6) is 0 Å². The van der Waals surface area contributed by atoms with Gasteiger partial charge in [-0.1, -0.05) is 18.2 Å². The van der Waals surface area contributed by atoms with Gasteiger partial charge in [0.05, 0.1) is 12.2 Å². The Hall–Kier alpha value is -2.69. The molecule has 1 heterocycles. The first-order valence-corrected chi connectivity index (χ1v) is 7.59. The molecule has 2 amide bonds. The van der Waals surface area contributed by atoms with Crippen LogP contribution in [0.25, 0.3) is 0 Å². The number of hydrogen-bond donors (Lipinski definition) is 2. The normalized spacial score (nSPS) is 10.2. The van der Waals surface area contributed by atoms with Crippen molar-refractivity contribution in [1.82, 2.24) is 10.3 Å². The monoisotopic (exact) mass is 311 g/mol. The Morgan fingerprint density at radius 2 is 1.78 bits per heavy atom. The van der Waals surface area contributed by atoms with Gasteiger partial charge in [0.25, 0.3) is 0 Å². The van der Waals surface area contributed by atoms with E-state index in [1.807, 2.05) is 50.2 Å². The molecule has 1 aromatic carbocycles. The highest BCUT2D eigenvalue weighted by Crippen LogP contribution is 2.18. The molecule has 0 atom stereocenters. The van der Waals surface area contributed by atoms with Crippen LogP contribution in [0.4, 0.5) is 5.69 Å². The highest BCUT2D eigenvalue weighted by atomic mass is 16.2. The van der Waals surface area contributed by atoms with Crippen molar-refractivity contribution in [1.29, 1.82) is 0 Å². The van der Waals surface area contributed by atoms with Crippen molar-refractivity contribution in [3.05, 3.63) is 59.4 Å². The molecule has 0 radical (unpaired) electrons. The van der Waals surface area contributed by atoms with Crippen molar-refractivity contribution in [2.24, 2.45) is 0 Å². The lowest BCUT2D eigenvalue weighted by atomic mass is 10.1. The van der Waals surface area contributed by atoms with Crippen LogP contribution in [-0.4, -0.2) is 16.8 Å². The van der Waals surface area contributed by atoms with E-state index in [-0.39, 0.29) is 24.7 Å². The number of carbonyl (C=O) groups is 2. The molecule has 2 N–H and O–H groups in total. The Morgan fingerprint density at radius 3 is 2.52 bits per heavy atom. The van der Waals surface area contributed by atoms with Crippen molar-refractivity contribution in [2.75, 3.05) is 5.32 Å². The molecular weight excluding hydrogens is 290 g/mol. The minimum atomic E-state index is -0.160. The topological polar surface area (TPSA) is 71.1 Å². The number of aryl methyl sites for hydroxylation is 1. The quantitative estimate of drug-likeness (QED) is 0.861. The summed E-state index contributed by atoms with van der Waals surface area (Å²) in [6.07, 6.45) is 1.99. The largest absolute Gasteiger partial charge is 0.350 e. The van der Waals surface area contributed by atoms with E-state index in [0.29, 0.717) is 6.54 Å². The molecule has 5 nitrogen and oxygen atoms in total. The maximum atomic E-state index is 12.0. The lowest BCUT2D eigenvalue weighted by molar-refractivity contribution is -0.124. The van der Waals surface area contributed by atoms with E-state index in [0.717, 1.165) is 22.5 Å². The first-order chi connectivity index (χ1) is 11.1. The number of amides is 2. The van der Waals surface area contributed by atoms with Crippen LogP contribution in [0.2, 0.25) is 0 Å².